The third-order valence-corrected chi connectivity index (χ3v) is 9.24. The van der Waals surface area contributed by atoms with Crippen LogP contribution in [-0.2, 0) is 28.9 Å². The minimum Gasteiger partial charge on any atom is -0.469 e. The van der Waals surface area contributed by atoms with Gasteiger partial charge in [-0.3, -0.25) is 4.79 Å². The summed E-state index contributed by atoms with van der Waals surface area (Å²) in [5, 5.41) is 6.55. The summed E-state index contributed by atoms with van der Waals surface area (Å²) in [4.78, 5) is 15.5. The van der Waals surface area contributed by atoms with Crippen molar-refractivity contribution >= 4 is 40.6 Å². The standard InChI is InChI=1S/C35H39BN2O2/c1-21(2)31-23(4)27-18-35(6,34(39)40-7)19-28(27)24(5)33(31)36-37-29-15-11-14-26-16-22(3)17-30(32(26)29)38(36)20-25-12-9-8-10-13-25/h8-17,21,37H,18-20H2,1-7H3. The second kappa shape index (κ2) is 9.73. The number of nitrogens with zero attached hydrogens (tertiary/aromatic N) is 1. The second-order valence-corrected chi connectivity index (χ2v) is 12.4. The van der Waals surface area contributed by atoms with E-state index in [9.17, 15) is 4.79 Å². The minimum absolute atomic E-state index is 0.0495. The number of hydrogen-bond acceptors (Lipinski definition) is 4. The number of carbonyl (C=O) groups is 1. The number of fused-ring (bicyclic) bond motifs is 1. The Morgan fingerprint density at radius 1 is 1.00 bits per heavy atom. The maximum atomic E-state index is 12.9. The number of esters is 1. The fourth-order valence-corrected chi connectivity index (χ4v) is 7.44. The Hall–Kier alpha value is -3.73. The number of methoxy groups -OCH3 is 1. The Labute approximate surface area is 238 Å². The number of nitrogens with one attached hydrogen (secondary N) is 1. The largest absolute Gasteiger partial charge is 0.469 e. The van der Waals surface area contributed by atoms with Gasteiger partial charge in [0.05, 0.1) is 12.5 Å². The van der Waals surface area contributed by atoms with Crippen molar-refractivity contribution < 1.29 is 9.53 Å². The van der Waals surface area contributed by atoms with Gasteiger partial charge in [-0.1, -0.05) is 62.4 Å². The lowest BCUT2D eigenvalue weighted by Gasteiger charge is -2.40. The molecule has 0 aromatic heterocycles. The molecule has 1 aliphatic heterocycles. The smallest absolute Gasteiger partial charge is 0.409 e. The van der Waals surface area contributed by atoms with Gasteiger partial charge in [-0.25, -0.2) is 0 Å². The highest BCUT2D eigenvalue weighted by Gasteiger charge is 2.45. The number of aryl methyl sites for hydroxylation is 1. The van der Waals surface area contributed by atoms with Crippen LogP contribution in [0.1, 0.15) is 65.6 Å². The van der Waals surface area contributed by atoms with E-state index in [2.05, 4.69) is 112 Å². The molecule has 0 amide bonds. The molecule has 0 radical (unpaired) electrons. The van der Waals surface area contributed by atoms with Crippen molar-refractivity contribution in [1.82, 2.24) is 0 Å². The first kappa shape index (κ1) is 26.5. The molecule has 0 saturated carbocycles. The van der Waals surface area contributed by atoms with Crippen LogP contribution in [0.25, 0.3) is 10.8 Å². The predicted molar refractivity (Wildman–Crippen MR) is 168 cm³/mol. The maximum absolute atomic E-state index is 12.9. The lowest BCUT2D eigenvalue weighted by Crippen LogP contribution is -2.58. The van der Waals surface area contributed by atoms with E-state index in [4.69, 9.17) is 4.74 Å². The number of ether oxygens (including phenoxy) is 1. The van der Waals surface area contributed by atoms with Crippen LogP contribution in [0.3, 0.4) is 0 Å². The van der Waals surface area contributed by atoms with Crippen LogP contribution in [0.5, 0.6) is 0 Å². The normalized spacial score (nSPS) is 17.8. The fraction of sp³-hybridized carbons (Fsp3) is 0.343. The van der Waals surface area contributed by atoms with Crippen molar-refractivity contribution in [3.05, 3.63) is 99.6 Å². The Bertz CT molecular complexity index is 1650. The molecule has 0 saturated heterocycles. The van der Waals surface area contributed by atoms with Gasteiger partial charge in [-0.2, -0.15) is 0 Å². The molecule has 4 aromatic carbocycles. The summed E-state index contributed by atoms with van der Waals surface area (Å²) in [6.45, 7) is 14.1. The van der Waals surface area contributed by atoms with E-state index < -0.39 is 5.41 Å². The van der Waals surface area contributed by atoms with E-state index in [1.165, 1.54) is 73.7 Å². The van der Waals surface area contributed by atoms with E-state index in [1.807, 2.05) is 0 Å². The van der Waals surface area contributed by atoms with Gasteiger partial charge in [-0.05, 0) is 108 Å². The van der Waals surface area contributed by atoms with Crippen molar-refractivity contribution in [2.75, 3.05) is 17.1 Å². The molecule has 1 unspecified atom stereocenters. The van der Waals surface area contributed by atoms with Gasteiger partial charge in [0.25, 0.3) is 0 Å². The molecule has 1 aliphatic carbocycles. The Balaban J connectivity index is 1.60. The molecule has 2 aliphatic rings. The predicted octanol–water partition coefficient (Wildman–Crippen LogP) is 6.99. The molecular formula is C35H39BN2O2. The molecule has 0 fully saturated rings. The summed E-state index contributed by atoms with van der Waals surface area (Å²) >= 11 is 0. The summed E-state index contributed by atoms with van der Waals surface area (Å²) in [6.07, 6.45) is 1.44. The van der Waals surface area contributed by atoms with Crippen molar-refractivity contribution in [2.24, 2.45) is 5.41 Å². The Kier molecular flexibility index (Phi) is 6.44. The average molecular weight is 531 g/mol. The molecule has 1 atom stereocenters. The fourth-order valence-electron chi connectivity index (χ4n) is 7.44. The molecule has 5 heteroatoms. The molecule has 0 spiro atoms. The molecule has 4 aromatic rings. The molecule has 0 bridgehead atoms. The van der Waals surface area contributed by atoms with Gasteiger partial charge < -0.3 is 14.8 Å². The third kappa shape index (κ3) is 4.09. The van der Waals surface area contributed by atoms with E-state index in [0.29, 0.717) is 12.3 Å². The lowest BCUT2D eigenvalue weighted by molar-refractivity contribution is -0.151. The van der Waals surface area contributed by atoms with E-state index >= 15 is 0 Å². The zero-order valence-corrected chi connectivity index (χ0v) is 24.8. The van der Waals surface area contributed by atoms with Gasteiger partial charge in [0.2, 0.25) is 0 Å². The molecule has 204 valence electrons. The summed E-state index contributed by atoms with van der Waals surface area (Å²) in [6, 6.07) is 22.0. The number of benzene rings is 4. The zero-order valence-electron chi connectivity index (χ0n) is 24.8. The van der Waals surface area contributed by atoms with E-state index in [1.54, 1.807) is 0 Å². The Morgan fingerprint density at radius 2 is 1.70 bits per heavy atom. The number of rotatable bonds is 5. The molecular weight excluding hydrogens is 491 g/mol. The van der Waals surface area contributed by atoms with Crippen LogP contribution in [0.15, 0.2) is 60.7 Å². The van der Waals surface area contributed by atoms with Crippen LogP contribution in [-0.4, -0.2) is 20.1 Å². The van der Waals surface area contributed by atoms with Crippen LogP contribution < -0.4 is 15.5 Å². The number of hydrogen-bond donors (Lipinski definition) is 1. The summed E-state index contributed by atoms with van der Waals surface area (Å²) < 4.78 is 5.28. The van der Waals surface area contributed by atoms with E-state index in [-0.39, 0.29) is 13.0 Å². The van der Waals surface area contributed by atoms with Gasteiger partial charge in [0.1, 0.15) is 0 Å². The first-order valence-electron chi connectivity index (χ1n) is 14.5. The minimum atomic E-state index is -0.529. The monoisotopic (exact) mass is 530 g/mol. The summed E-state index contributed by atoms with van der Waals surface area (Å²) in [5.74, 6) is 0.215. The van der Waals surface area contributed by atoms with Gasteiger partial charge in [0.15, 0.2) is 0 Å². The highest BCUT2D eigenvalue weighted by molar-refractivity contribution is 6.81. The van der Waals surface area contributed by atoms with Crippen LogP contribution in [0.4, 0.5) is 11.4 Å². The van der Waals surface area contributed by atoms with Crippen molar-refractivity contribution in [2.45, 2.75) is 66.8 Å². The maximum Gasteiger partial charge on any atom is 0.409 e. The highest BCUT2D eigenvalue weighted by Crippen LogP contribution is 2.44. The highest BCUT2D eigenvalue weighted by atomic mass is 16.5. The molecule has 4 nitrogen and oxygen atoms in total. The van der Waals surface area contributed by atoms with Crippen molar-refractivity contribution in [1.29, 1.82) is 0 Å². The quantitative estimate of drug-likeness (QED) is 0.223. The van der Waals surface area contributed by atoms with Crippen LogP contribution in [0.2, 0.25) is 0 Å². The SMILES string of the molecule is COC(=O)C1(C)Cc2c(C)c(B3Nc4cccc5cc(C)cc(c45)N3Cc3ccccc3)c(C(C)C)c(C)c2C1. The lowest BCUT2D eigenvalue weighted by atomic mass is 9.57. The summed E-state index contributed by atoms with van der Waals surface area (Å²) in [7, 11) is 1.51. The first-order valence-corrected chi connectivity index (χ1v) is 14.5. The van der Waals surface area contributed by atoms with Gasteiger partial charge >= 0.3 is 13.0 Å². The molecule has 40 heavy (non-hydrogen) atoms. The number of carbonyl (C=O) groups excluding carboxylic acids is 1. The van der Waals surface area contributed by atoms with Crippen LogP contribution >= 0.6 is 0 Å². The zero-order chi connectivity index (χ0) is 28.3. The number of anilines is 2. The Morgan fingerprint density at radius 3 is 2.38 bits per heavy atom. The van der Waals surface area contributed by atoms with Crippen molar-refractivity contribution in [3.63, 3.8) is 0 Å². The third-order valence-electron chi connectivity index (χ3n) is 9.24. The van der Waals surface area contributed by atoms with Gasteiger partial charge in [-0.15, -0.1) is 0 Å². The van der Waals surface area contributed by atoms with Crippen molar-refractivity contribution in [3.8, 4) is 0 Å². The van der Waals surface area contributed by atoms with Gasteiger partial charge in [0, 0.05) is 23.3 Å². The second-order valence-electron chi connectivity index (χ2n) is 12.4. The molecule has 6 rings (SSSR count). The van der Waals surface area contributed by atoms with Crippen LogP contribution in [0, 0.1) is 26.2 Å². The topological polar surface area (TPSA) is 41.6 Å². The van der Waals surface area contributed by atoms with E-state index in [0.717, 1.165) is 13.0 Å². The average Bonchev–Trinajstić information content (AvgIpc) is 3.31. The molecule has 1 N–H and O–H groups in total. The first-order chi connectivity index (χ1) is 19.1. The molecule has 1 heterocycles. The summed E-state index contributed by atoms with van der Waals surface area (Å²) in [5.41, 5.74) is 12.5.